The lowest BCUT2D eigenvalue weighted by Gasteiger charge is -2.18. The second-order valence-electron chi connectivity index (χ2n) is 7.03. The summed E-state index contributed by atoms with van der Waals surface area (Å²) < 4.78 is 55.2. The Morgan fingerprint density at radius 1 is 1.08 bits per heavy atom. The van der Waals surface area contributed by atoms with Crippen molar-refractivity contribution in [3.63, 3.8) is 0 Å². The minimum absolute atomic E-state index is 0.0232. The van der Waals surface area contributed by atoms with E-state index in [1.54, 1.807) is 20.8 Å². The molecule has 26 heavy (non-hydrogen) atoms. The summed E-state index contributed by atoms with van der Waals surface area (Å²) in [6.45, 7) is 8.91. The number of aromatic nitrogens is 1. The molecule has 140 valence electrons. The van der Waals surface area contributed by atoms with Gasteiger partial charge in [-0.1, -0.05) is 22.6 Å². The molecule has 2 aromatic rings. The van der Waals surface area contributed by atoms with Crippen LogP contribution in [-0.2, 0) is 17.5 Å². The zero-order valence-corrected chi connectivity index (χ0v) is 16.1. The Morgan fingerprint density at radius 2 is 1.65 bits per heavy atom. The molecule has 1 atom stereocenters. The monoisotopic (exact) mass is 382 g/mol. The minimum Gasteiger partial charge on any atom is -0.591 e. The Labute approximate surface area is 154 Å². The lowest BCUT2D eigenvalue weighted by atomic mass is 9.95. The van der Waals surface area contributed by atoms with Crippen LogP contribution in [0.5, 0.6) is 0 Å². The molecule has 0 bridgehead atoms. The molecule has 2 rings (SSSR count). The zero-order chi connectivity index (χ0) is 19.7. The van der Waals surface area contributed by atoms with Crippen molar-refractivity contribution >= 4 is 17.6 Å². The van der Waals surface area contributed by atoms with Gasteiger partial charge in [-0.25, -0.2) is 4.98 Å². The predicted molar refractivity (Wildman–Crippen MR) is 99.6 cm³/mol. The number of hydrogen-bond donors (Lipinski definition) is 0. The quantitative estimate of drug-likeness (QED) is 0.537. The number of aryl methyl sites for hydroxylation is 2. The van der Waals surface area contributed by atoms with Gasteiger partial charge in [0, 0.05) is 0 Å². The van der Waals surface area contributed by atoms with Gasteiger partial charge in [0.15, 0.2) is 0 Å². The molecule has 0 unspecified atom stereocenters. The minimum atomic E-state index is -4.58. The summed E-state index contributed by atoms with van der Waals surface area (Å²) in [5.74, 6) is 0. The van der Waals surface area contributed by atoms with Gasteiger partial charge in [-0.3, -0.25) is 0 Å². The van der Waals surface area contributed by atoms with Gasteiger partial charge in [0.05, 0.1) is 5.69 Å². The third kappa shape index (κ3) is 4.86. The number of halogens is 3. The second-order valence-corrected chi connectivity index (χ2v) is 8.96. The van der Waals surface area contributed by atoms with Crippen molar-refractivity contribution in [2.45, 2.75) is 45.5 Å². The summed E-state index contributed by atoms with van der Waals surface area (Å²) in [6, 6.07) is 8.12. The van der Waals surface area contributed by atoms with E-state index < -0.39 is 28.0 Å². The van der Waals surface area contributed by atoms with E-state index >= 15 is 0 Å². The molecule has 0 N–H and O–H groups in total. The van der Waals surface area contributed by atoms with E-state index in [1.165, 1.54) is 6.07 Å². The Balaban J connectivity index is 2.59. The Hall–Kier alpha value is -1.86. The number of benzene rings is 1. The summed E-state index contributed by atoms with van der Waals surface area (Å²) in [6.07, 6.45) is -3.44. The van der Waals surface area contributed by atoms with E-state index in [0.29, 0.717) is 5.56 Å². The Morgan fingerprint density at radius 3 is 2.15 bits per heavy atom. The summed E-state index contributed by atoms with van der Waals surface area (Å²) in [5.41, 5.74) is 1.89. The summed E-state index contributed by atoms with van der Waals surface area (Å²) >= 11 is -1.58. The molecule has 1 aromatic heterocycles. The maximum absolute atomic E-state index is 13.3. The maximum Gasteiger partial charge on any atom is 0.433 e. The van der Waals surface area contributed by atoms with Gasteiger partial charge in [0.1, 0.15) is 28.0 Å². The number of alkyl halides is 3. The first-order chi connectivity index (χ1) is 11.9. The van der Waals surface area contributed by atoms with Crippen molar-refractivity contribution in [1.29, 1.82) is 0 Å². The first-order valence-electron chi connectivity index (χ1n) is 8.01. The molecule has 0 amide bonds. The predicted octanol–water partition coefficient (Wildman–Crippen LogP) is 5.27. The lowest BCUT2D eigenvalue weighted by molar-refractivity contribution is -0.141. The molecule has 0 saturated heterocycles. The van der Waals surface area contributed by atoms with Crippen LogP contribution in [0.4, 0.5) is 13.2 Å². The van der Waals surface area contributed by atoms with Crippen molar-refractivity contribution in [2.75, 3.05) is 0 Å². The first-order valence-corrected chi connectivity index (χ1v) is 9.12. The summed E-state index contributed by atoms with van der Waals surface area (Å²) in [5, 5.41) is 0. The van der Waals surface area contributed by atoms with Crippen LogP contribution in [0.25, 0.3) is 11.1 Å². The fourth-order valence-corrected chi connectivity index (χ4v) is 2.96. The Bertz CT molecular complexity index is 806. The van der Waals surface area contributed by atoms with Crippen molar-refractivity contribution in [3.05, 3.63) is 52.8 Å². The molecule has 0 aliphatic heterocycles. The van der Waals surface area contributed by atoms with Gasteiger partial charge < -0.3 is 4.55 Å². The van der Waals surface area contributed by atoms with Crippen LogP contribution in [0.15, 0.2) is 34.7 Å². The molecule has 3 nitrogen and oxygen atoms in total. The molecule has 0 fully saturated rings. The third-order valence-electron chi connectivity index (χ3n) is 3.71. The van der Waals surface area contributed by atoms with Gasteiger partial charge in [-0.15, -0.1) is 0 Å². The van der Waals surface area contributed by atoms with Gasteiger partial charge in [0.2, 0.25) is 0 Å². The molecule has 7 heteroatoms. The molecule has 0 radical (unpaired) electrons. The van der Waals surface area contributed by atoms with Gasteiger partial charge in [0.25, 0.3) is 0 Å². The number of hydrogen-bond acceptors (Lipinski definition) is 3. The fourth-order valence-electron chi connectivity index (χ4n) is 2.44. The smallest absolute Gasteiger partial charge is 0.433 e. The topological polar surface area (TPSA) is 48.3 Å². The van der Waals surface area contributed by atoms with Crippen LogP contribution >= 0.6 is 0 Å². The number of pyridine rings is 1. The van der Waals surface area contributed by atoms with Gasteiger partial charge in [-0.05, 0) is 69.0 Å². The largest absolute Gasteiger partial charge is 0.591 e. The van der Waals surface area contributed by atoms with Gasteiger partial charge >= 0.3 is 6.18 Å². The van der Waals surface area contributed by atoms with Crippen molar-refractivity contribution in [2.24, 2.45) is 4.40 Å². The van der Waals surface area contributed by atoms with E-state index in [9.17, 15) is 17.7 Å². The standard InChI is InChI=1S/C19H21F3N2OS/c1-12-7-6-8-13(2)17(12)14-9-15(11-23-26(25)18(3,4)5)24-16(10-14)19(20,21)22/h6-11H,1-5H3/t26-/m1/s1. The van der Waals surface area contributed by atoms with Crippen molar-refractivity contribution in [3.8, 4) is 11.1 Å². The van der Waals surface area contributed by atoms with E-state index in [0.717, 1.165) is 29.0 Å². The van der Waals surface area contributed by atoms with E-state index in [-0.39, 0.29) is 5.69 Å². The van der Waals surface area contributed by atoms with Gasteiger partial charge in [-0.2, -0.15) is 13.2 Å². The van der Waals surface area contributed by atoms with Crippen LogP contribution < -0.4 is 0 Å². The normalized spacial score (nSPS) is 14.0. The summed E-state index contributed by atoms with van der Waals surface area (Å²) in [7, 11) is 0. The fraction of sp³-hybridized carbons (Fsp3) is 0.368. The highest BCUT2D eigenvalue weighted by atomic mass is 32.2. The Kier molecular flexibility index (Phi) is 5.82. The van der Waals surface area contributed by atoms with Crippen LogP contribution in [0.3, 0.4) is 0 Å². The summed E-state index contributed by atoms with van der Waals surface area (Å²) in [4.78, 5) is 3.63. The molecule has 0 saturated carbocycles. The molecule has 1 heterocycles. The highest BCUT2D eigenvalue weighted by molar-refractivity contribution is 7.91. The molecular formula is C19H21F3N2OS. The first kappa shape index (κ1) is 20.5. The highest BCUT2D eigenvalue weighted by Crippen LogP contribution is 2.33. The molecular weight excluding hydrogens is 361 g/mol. The zero-order valence-electron chi connectivity index (χ0n) is 15.3. The van der Waals surface area contributed by atoms with Crippen molar-refractivity contribution < 1.29 is 17.7 Å². The third-order valence-corrected chi connectivity index (χ3v) is 5.05. The second kappa shape index (κ2) is 7.40. The van der Waals surface area contributed by atoms with Crippen LogP contribution in [0, 0.1) is 13.8 Å². The van der Waals surface area contributed by atoms with E-state index in [4.69, 9.17) is 0 Å². The average molecular weight is 382 g/mol. The number of nitrogens with zero attached hydrogens (tertiary/aromatic N) is 2. The molecule has 0 aliphatic rings. The molecule has 0 aliphatic carbocycles. The van der Waals surface area contributed by atoms with Crippen molar-refractivity contribution in [1.82, 2.24) is 4.98 Å². The number of rotatable bonds is 3. The maximum atomic E-state index is 13.3. The van der Waals surface area contributed by atoms with Crippen LogP contribution in [0.1, 0.15) is 43.3 Å². The van der Waals surface area contributed by atoms with E-state index in [1.807, 2.05) is 32.0 Å². The average Bonchev–Trinajstić information content (AvgIpc) is 2.50. The van der Waals surface area contributed by atoms with E-state index in [2.05, 4.69) is 9.38 Å². The SMILES string of the molecule is Cc1cccc(C)c1-c1cc(C=N[S@+]([O-])C(C)(C)C)nc(C(F)(F)F)c1. The van der Waals surface area contributed by atoms with Crippen LogP contribution in [-0.4, -0.2) is 20.5 Å². The molecule has 1 aromatic carbocycles. The van der Waals surface area contributed by atoms with Crippen LogP contribution in [0.2, 0.25) is 0 Å². The highest BCUT2D eigenvalue weighted by Gasteiger charge is 2.33. The molecule has 0 spiro atoms. The lowest BCUT2D eigenvalue weighted by Crippen LogP contribution is -2.25.